The van der Waals surface area contributed by atoms with Gasteiger partial charge in [0, 0.05) is 12.4 Å². The Bertz CT molecular complexity index is 1060. The molecule has 0 atom stereocenters. The molecule has 0 bridgehead atoms. The van der Waals surface area contributed by atoms with E-state index in [-0.39, 0.29) is 5.69 Å². The molecule has 26 heavy (non-hydrogen) atoms. The number of carbonyl (C=O) groups is 1. The van der Waals surface area contributed by atoms with Crippen LogP contribution in [0.4, 0.5) is 27.6 Å². The predicted octanol–water partition coefficient (Wildman–Crippen LogP) is 4.50. The monoisotopic (exact) mass is 369 g/mol. The second-order valence-electron chi connectivity index (χ2n) is 5.20. The van der Waals surface area contributed by atoms with Crippen LogP contribution >= 0.6 is 0 Å². The van der Waals surface area contributed by atoms with Gasteiger partial charge in [-0.15, -0.1) is 10.2 Å². The van der Waals surface area contributed by atoms with Crippen LogP contribution in [0, 0.1) is 29.1 Å². The molecule has 0 radical (unpaired) electrons. The summed E-state index contributed by atoms with van der Waals surface area (Å²) in [5.41, 5.74) is -1.41. The zero-order valence-electron chi connectivity index (χ0n) is 12.9. The van der Waals surface area contributed by atoms with E-state index in [0.29, 0.717) is 10.9 Å². The lowest BCUT2D eigenvalue weighted by atomic mass is 10.1. The zero-order valence-corrected chi connectivity index (χ0v) is 12.9. The number of carbonyl (C=O) groups excluding carboxylic acids is 1. The highest BCUT2D eigenvalue weighted by Gasteiger charge is 2.30. The summed E-state index contributed by atoms with van der Waals surface area (Å²) in [7, 11) is 1.49. The Kier molecular flexibility index (Phi) is 4.18. The molecule has 3 aromatic rings. The smallest absolute Gasteiger partial charge is 0.301 e. The number of rotatable bonds is 2. The minimum atomic E-state index is -2.39. The third-order valence-corrected chi connectivity index (χ3v) is 3.71. The summed E-state index contributed by atoms with van der Waals surface area (Å²) >= 11 is 0. The molecule has 0 saturated heterocycles. The Labute approximate surface area is 142 Å². The number of hydrogen-bond donors (Lipinski definition) is 1. The molecule has 2 aromatic carbocycles. The number of hydrogen-bond acceptors (Lipinski definition) is 3. The zero-order chi connectivity index (χ0) is 19.2. The Morgan fingerprint density at radius 3 is 2.12 bits per heavy atom. The van der Waals surface area contributed by atoms with Gasteiger partial charge < -0.3 is 9.67 Å². The van der Waals surface area contributed by atoms with Crippen molar-refractivity contribution in [3.05, 3.63) is 58.9 Å². The highest BCUT2D eigenvalue weighted by atomic mass is 19.2. The van der Waals surface area contributed by atoms with Gasteiger partial charge in [-0.2, -0.15) is 0 Å². The molecule has 1 aromatic heterocycles. The van der Waals surface area contributed by atoms with Crippen LogP contribution in [-0.4, -0.2) is 15.6 Å². The maximum atomic E-state index is 13.6. The summed E-state index contributed by atoms with van der Waals surface area (Å²) < 4.78 is 67.9. The maximum absolute atomic E-state index is 13.6. The van der Waals surface area contributed by atoms with E-state index >= 15 is 0 Å². The van der Waals surface area contributed by atoms with Gasteiger partial charge in [0.1, 0.15) is 5.56 Å². The van der Waals surface area contributed by atoms with Crippen LogP contribution in [0.3, 0.4) is 0 Å². The van der Waals surface area contributed by atoms with Crippen molar-refractivity contribution in [1.29, 1.82) is 0 Å². The van der Waals surface area contributed by atoms with Crippen molar-refractivity contribution in [3.8, 4) is 5.88 Å². The average molecular weight is 369 g/mol. The second kappa shape index (κ2) is 6.21. The van der Waals surface area contributed by atoms with Crippen molar-refractivity contribution in [2.45, 2.75) is 0 Å². The first-order chi connectivity index (χ1) is 12.3. The van der Waals surface area contributed by atoms with Gasteiger partial charge in [0.25, 0.3) is 0 Å². The van der Waals surface area contributed by atoms with Gasteiger partial charge in [-0.25, -0.2) is 22.0 Å². The Morgan fingerprint density at radius 1 is 0.962 bits per heavy atom. The van der Waals surface area contributed by atoms with Crippen LogP contribution in [-0.2, 0) is 7.05 Å². The van der Waals surface area contributed by atoms with Gasteiger partial charge in [-0.3, -0.25) is 4.79 Å². The maximum Gasteiger partial charge on any atom is 0.301 e. The van der Waals surface area contributed by atoms with E-state index in [1.165, 1.54) is 17.7 Å². The highest BCUT2D eigenvalue weighted by Crippen LogP contribution is 2.38. The lowest BCUT2D eigenvalue weighted by molar-refractivity contribution is 0.0983. The van der Waals surface area contributed by atoms with Gasteiger partial charge in [0.2, 0.25) is 11.7 Å². The van der Waals surface area contributed by atoms with Crippen LogP contribution in [0.1, 0.15) is 10.4 Å². The Hall–Kier alpha value is -3.30. The number of para-hydroxylation sites is 1. The molecule has 0 spiro atoms. The number of aromatic hydroxyl groups is 1. The summed E-state index contributed by atoms with van der Waals surface area (Å²) in [6, 6.07) is 6.43. The minimum Gasteiger partial charge on any atom is -0.493 e. The minimum absolute atomic E-state index is 0.194. The van der Waals surface area contributed by atoms with E-state index in [1.807, 2.05) is 0 Å². The van der Waals surface area contributed by atoms with Gasteiger partial charge in [0.05, 0.1) is 5.52 Å². The quantitative estimate of drug-likeness (QED) is 0.313. The normalized spacial score (nSPS) is 11.6. The van der Waals surface area contributed by atoms with Crippen LogP contribution < -0.4 is 0 Å². The molecule has 0 aliphatic rings. The van der Waals surface area contributed by atoms with E-state index in [9.17, 15) is 31.9 Å². The van der Waals surface area contributed by atoms with Gasteiger partial charge in [-0.05, 0) is 6.07 Å². The number of azo groups is 1. The fraction of sp³-hybridized carbons (Fsp3) is 0.0625. The molecule has 1 heterocycles. The number of aromatic nitrogens is 1. The summed E-state index contributed by atoms with van der Waals surface area (Å²) in [4.78, 5) is 11.8. The summed E-state index contributed by atoms with van der Waals surface area (Å²) in [6.07, 6.45) is 0. The molecule has 0 aliphatic heterocycles. The number of fused-ring (bicyclic) bond motifs is 1. The summed E-state index contributed by atoms with van der Waals surface area (Å²) in [6.45, 7) is 0. The molecule has 0 saturated carbocycles. The van der Waals surface area contributed by atoms with E-state index < -0.39 is 46.4 Å². The first-order valence-corrected chi connectivity index (χ1v) is 6.99. The fourth-order valence-electron chi connectivity index (χ4n) is 2.40. The number of halogens is 5. The van der Waals surface area contributed by atoms with Crippen molar-refractivity contribution in [2.24, 2.45) is 17.3 Å². The van der Waals surface area contributed by atoms with Crippen molar-refractivity contribution >= 4 is 22.5 Å². The molecule has 10 heteroatoms. The number of benzene rings is 2. The standard InChI is InChI=1S/C16H8F5N3O2/c1-24-7-5-3-2-4-6(7)14(16(24)26)22-23-15(25)8-9(17)11(19)13(21)12(20)10(8)18/h2-5,26H,1H3. The summed E-state index contributed by atoms with van der Waals surface area (Å²) in [5.74, 6) is -13.7. The van der Waals surface area contributed by atoms with Gasteiger partial charge in [0.15, 0.2) is 29.0 Å². The number of aryl methyl sites for hydroxylation is 1. The molecule has 1 N–H and O–H groups in total. The van der Waals surface area contributed by atoms with Gasteiger partial charge in [-0.1, -0.05) is 18.2 Å². The third kappa shape index (κ3) is 2.50. The van der Waals surface area contributed by atoms with Crippen molar-refractivity contribution in [3.63, 3.8) is 0 Å². The van der Waals surface area contributed by atoms with Gasteiger partial charge >= 0.3 is 5.91 Å². The third-order valence-electron chi connectivity index (χ3n) is 3.71. The molecule has 5 nitrogen and oxygen atoms in total. The SMILES string of the molecule is Cn1c(O)c(N=NC(=O)c2c(F)c(F)c(F)c(F)c2F)c2ccccc21. The van der Waals surface area contributed by atoms with E-state index in [4.69, 9.17) is 0 Å². The average Bonchev–Trinajstić information content (AvgIpc) is 2.88. The first kappa shape index (κ1) is 17.5. The van der Waals surface area contributed by atoms with Crippen LogP contribution in [0.15, 0.2) is 34.5 Å². The van der Waals surface area contributed by atoms with E-state index in [0.717, 1.165) is 0 Å². The van der Waals surface area contributed by atoms with Crippen molar-refractivity contribution in [2.75, 3.05) is 0 Å². The largest absolute Gasteiger partial charge is 0.493 e. The lowest BCUT2D eigenvalue weighted by Gasteiger charge is -2.04. The first-order valence-electron chi connectivity index (χ1n) is 6.99. The predicted molar refractivity (Wildman–Crippen MR) is 79.7 cm³/mol. The number of amides is 1. The fourth-order valence-corrected chi connectivity index (χ4v) is 2.40. The van der Waals surface area contributed by atoms with Crippen LogP contribution in [0.5, 0.6) is 5.88 Å². The van der Waals surface area contributed by atoms with Crippen molar-refractivity contribution < 1.29 is 31.9 Å². The molecule has 3 rings (SSSR count). The molecule has 134 valence electrons. The summed E-state index contributed by atoms with van der Waals surface area (Å²) in [5, 5.41) is 16.8. The topological polar surface area (TPSA) is 66.9 Å². The molecular formula is C16H8F5N3O2. The Morgan fingerprint density at radius 2 is 1.50 bits per heavy atom. The Balaban J connectivity index is 2.09. The molecule has 0 unspecified atom stereocenters. The molecular weight excluding hydrogens is 361 g/mol. The number of nitrogens with zero attached hydrogens (tertiary/aromatic N) is 3. The van der Waals surface area contributed by atoms with Crippen LogP contribution in [0.2, 0.25) is 0 Å². The molecule has 0 fully saturated rings. The lowest BCUT2D eigenvalue weighted by Crippen LogP contribution is -2.11. The molecule has 0 aliphatic carbocycles. The van der Waals surface area contributed by atoms with E-state index in [2.05, 4.69) is 10.2 Å². The van der Waals surface area contributed by atoms with Crippen LogP contribution in [0.25, 0.3) is 10.9 Å². The van der Waals surface area contributed by atoms with Crippen molar-refractivity contribution in [1.82, 2.24) is 4.57 Å². The highest BCUT2D eigenvalue weighted by molar-refractivity contribution is 5.97. The second-order valence-corrected chi connectivity index (χ2v) is 5.20. The van der Waals surface area contributed by atoms with E-state index in [1.54, 1.807) is 18.2 Å². The molecule has 1 amide bonds.